The first-order valence-electron chi connectivity index (χ1n) is 9.93. The zero-order valence-corrected chi connectivity index (χ0v) is 18.2. The highest BCUT2D eigenvalue weighted by molar-refractivity contribution is 6.22. The summed E-state index contributed by atoms with van der Waals surface area (Å²) in [7, 11) is 3.75. The number of nitrogen functional groups attached to an aromatic ring is 1. The first-order chi connectivity index (χ1) is 14.5. The Balaban J connectivity index is 0.000000193. The lowest BCUT2D eigenvalue weighted by molar-refractivity contribution is 0.110. The molecule has 1 unspecified atom stereocenters. The summed E-state index contributed by atoms with van der Waals surface area (Å²) < 4.78 is 18.6. The molecule has 2 heterocycles. The number of hydrogen-bond acceptors (Lipinski definition) is 5. The van der Waals surface area contributed by atoms with Gasteiger partial charge in [-0.2, -0.15) is 0 Å². The number of nitrogens with two attached hydrogens (primary N) is 1. The van der Waals surface area contributed by atoms with E-state index in [4.69, 9.17) is 21.8 Å². The summed E-state index contributed by atoms with van der Waals surface area (Å²) in [4.78, 5) is 12.8. The van der Waals surface area contributed by atoms with Gasteiger partial charge >= 0.3 is 0 Å². The summed E-state index contributed by atoms with van der Waals surface area (Å²) in [6.45, 7) is 2.40. The highest BCUT2D eigenvalue weighted by atomic mass is 35.5. The van der Waals surface area contributed by atoms with Crippen LogP contribution >= 0.6 is 11.6 Å². The van der Waals surface area contributed by atoms with E-state index in [9.17, 15) is 9.18 Å². The number of hydrogen-bond donors (Lipinski definition) is 2. The van der Waals surface area contributed by atoms with Crippen molar-refractivity contribution in [3.8, 4) is 0 Å². The Labute approximate surface area is 182 Å². The third-order valence-electron chi connectivity index (χ3n) is 4.51. The summed E-state index contributed by atoms with van der Waals surface area (Å²) >= 11 is 5.75. The molecule has 1 aromatic heterocycles. The Morgan fingerprint density at radius 2 is 1.80 bits per heavy atom. The van der Waals surface area contributed by atoms with Crippen molar-refractivity contribution < 1.29 is 13.6 Å². The van der Waals surface area contributed by atoms with Gasteiger partial charge in [0.15, 0.2) is 12.0 Å². The van der Waals surface area contributed by atoms with E-state index in [0.29, 0.717) is 17.6 Å². The van der Waals surface area contributed by atoms with Gasteiger partial charge in [-0.25, -0.2) is 4.39 Å². The number of nitrogens with one attached hydrogen (secondary N) is 1. The molecule has 2 aliphatic rings. The molecule has 1 saturated heterocycles. The third-order valence-corrected chi connectivity index (χ3v) is 4.81. The number of nitrogens with zero attached hydrogens (tertiary/aromatic N) is 1. The Kier molecular flexibility index (Phi) is 9.64. The van der Waals surface area contributed by atoms with Gasteiger partial charge in [0.25, 0.3) is 0 Å². The number of halogens is 2. The van der Waals surface area contributed by atoms with Crippen LogP contribution in [0.3, 0.4) is 0 Å². The number of allylic oxidation sites excluding steroid dienone is 4. The summed E-state index contributed by atoms with van der Waals surface area (Å²) in [5.74, 6) is 0.227. The van der Waals surface area contributed by atoms with Gasteiger partial charge in [0.05, 0.1) is 5.38 Å². The van der Waals surface area contributed by atoms with Crippen molar-refractivity contribution >= 4 is 34.8 Å². The summed E-state index contributed by atoms with van der Waals surface area (Å²) in [6, 6.07) is 11.2. The molecular formula is C23H29ClFN3O2. The molecule has 5 nitrogen and oxygen atoms in total. The normalized spacial score (nSPS) is 17.7. The van der Waals surface area contributed by atoms with E-state index in [1.165, 1.54) is 37.7 Å². The average molecular weight is 434 g/mol. The number of anilines is 2. The first-order valence-corrected chi connectivity index (χ1v) is 10.4. The Hall–Kier alpha value is -2.57. The van der Waals surface area contributed by atoms with E-state index >= 15 is 0 Å². The number of rotatable bonds is 3. The number of carbonyl (C=O) groups is 1. The van der Waals surface area contributed by atoms with Gasteiger partial charge in [-0.3, -0.25) is 4.79 Å². The SMILES string of the molecule is CNC.Nc1ccc(N2CCCC2)cc1.O=Cc1ccc(C2=C(F)CC(Cl)C=C2)o1. The fourth-order valence-corrected chi connectivity index (χ4v) is 3.29. The van der Waals surface area contributed by atoms with Crippen molar-refractivity contribution in [3.05, 3.63) is 65.9 Å². The largest absolute Gasteiger partial charge is 0.453 e. The number of furan rings is 1. The Morgan fingerprint density at radius 1 is 1.17 bits per heavy atom. The zero-order chi connectivity index (χ0) is 21.9. The molecule has 1 aliphatic heterocycles. The number of aldehydes is 1. The van der Waals surface area contributed by atoms with Gasteiger partial charge in [0, 0.05) is 36.5 Å². The minimum Gasteiger partial charge on any atom is -0.453 e. The minimum absolute atomic E-state index is 0.157. The molecule has 7 heteroatoms. The van der Waals surface area contributed by atoms with Crippen LogP contribution in [0.15, 0.2) is 58.8 Å². The molecule has 2 aromatic rings. The van der Waals surface area contributed by atoms with Crippen molar-refractivity contribution in [2.75, 3.05) is 37.8 Å². The van der Waals surface area contributed by atoms with Crippen molar-refractivity contribution in [1.29, 1.82) is 0 Å². The highest BCUT2D eigenvalue weighted by Crippen LogP contribution is 2.31. The maximum Gasteiger partial charge on any atom is 0.185 e. The first kappa shape index (κ1) is 23.7. The van der Waals surface area contributed by atoms with Crippen molar-refractivity contribution in [1.82, 2.24) is 5.32 Å². The van der Waals surface area contributed by atoms with Gasteiger partial charge in [0.2, 0.25) is 0 Å². The molecule has 0 radical (unpaired) electrons. The van der Waals surface area contributed by atoms with E-state index in [1.54, 1.807) is 18.2 Å². The van der Waals surface area contributed by atoms with Gasteiger partial charge in [-0.1, -0.05) is 12.2 Å². The molecule has 0 bridgehead atoms. The van der Waals surface area contributed by atoms with Crippen LogP contribution in [0.4, 0.5) is 15.8 Å². The molecule has 1 aliphatic carbocycles. The Morgan fingerprint density at radius 3 is 2.33 bits per heavy atom. The molecule has 4 rings (SSSR count). The fraction of sp³-hybridized carbons (Fsp3) is 0.348. The van der Waals surface area contributed by atoms with Crippen LogP contribution < -0.4 is 16.0 Å². The predicted octanol–water partition coefficient (Wildman–Crippen LogP) is 5.04. The van der Waals surface area contributed by atoms with Crippen LogP contribution in [0.1, 0.15) is 35.6 Å². The maximum atomic E-state index is 13.5. The second-order valence-electron chi connectivity index (χ2n) is 7.00. The number of carbonyl (C=O) groups excluding carboxylic acids is 1. The topological polar surface area (TPSA) is 71.5 Å². The second kappa shape index (κ2) is 12.2. The van der Waals surface area contributed by atoms with Crippen molar-refractivity contribution in [2.45, 2.75) is 24.6 Å². The number of alkyl halides is 1. The van der Waals surface area contributed by atoms with Crippen molar-refractivity contribution in [2.24, 2.45) is 0 Å². The molecule has 0 amide bonds. The smallest absolute Gasteiger partial charge is 0.185 e. The average Bonchev–Trinajstić information content (AvgIpc) is 3.42. The lowest BCUT2D eigenvalue weighted by atomic mass is 10.0. The van der Waals surface area contributed by atoms with Gasteiger partial charge < -0.3 is 20.4 Å². The van der Waals surface area contributed by atoms with Crippen LogP contribution in [0.25, 0.3) is 5.57 Å². The van der Waals surface area contributed by atoms with E-state index in [1.807, 2.05) is 26.2 Å². The summed E-state index contributed by atoms with van der Waals surface area (Å²) in [6.07, 6.45) is 6.66. The maximum absolute atomic E-state index is 13.5. The molecule has 0 spiro atoms. The van der Waals surface area contributed by atoms with Crippen molar-refractivity contribution in [3.63, 3.8) is 0 Å². The van der Waals surface area contributed by atoms with Gasteiger partial charge in [0.1, 0.15) is 11.6 Å². The molecular weight excluding hydrogens is 405 g/mol. The van der Waals surface area contributed by atoms with E-state index in [2.05, 4.69) is 22.3 Å². The molecule has 30 heavy (non-hydrogen) atoms. The van der Waals surface area contributed by atoms with E-state index < -0.39 is 0 Å². The molecule has 1 aromatic carbocycles. The third kappa shape index (κ3) is 7.04. The lowest BCUT2D eigenvalue weighted by Crippen LogP contribution is -2.17. The van der Waals surface area contributed by atoms with Crippen LogP contribution in [0.2, 0.25) is 0 Å². The minimum atomic E-state index is -0.315. The molecule has 0 saturated carbocycles. The quantitative estimate of drug-likeness (QED) is 0.403. The van der Waals surface area contributed by atoms with Crippen LogP contribution in [0.5, 0.6) is 0 Å². The standard InChI is InChI=1S/C11H8ClFO2.C10H14N2.C2H7N/c12-7-1-3-9(10(13)5-7)11-4-2-8(6-14)15-11;11-9-3-5-10(6-4-9)12-7-1-2-8-12;1-3-2/h1-4,6-7H,5H2;3-6H,1-2,7-8,11H2;3H,1-2H3. The predicted molar refractivity (Wildman–Crippen MR) is 123 cm³/mol. The molecule has 3 N–H and O–H groups in total. The van der Waals surface area contributed by atoms with Gasteiger partial charge in [-0.05, 0) is 63.3 Å². The second-order valence-corrected chi connectivity index (χ2v) is 7.56. The zero-order valence-electron chi connectivity index (χ0n) is 17.4. The summed E-state index contributed by atoms with van der Waals surface area (Å²) in [5, 5.41) is 2.44. The molecule has 162 valence electrons. The monoisotopic (exact) mass is 433 g/mol. The highest BCUT2D eigenvalue weighted by Gasteiger charge is 2.18. The lowest BCUT2D eigenvalue weighted by Gasteiger charge is -2.17. The fourth-order valence-electron chi connectivity index (χ4n) is 3.08. The summed E-state index contributed by atoms with van der Waals surface area (Å²) in [5.41, 5.74) is 8.12. The van der Waals surface area contributed by atoms with Crippen LogP contribution in [-0.4, -0.2) is 38.8 Å². The number of benzene rings is 1. The van der Waals surface area contributed by atoms with Crippen LogP contribution in [-0.2, 0) is 0 Å². The van der Waals surface area contributed by atoms with E-state index in [0.717, 1.165) is 5.69 Å². The Bertz CT molecular complexity index is 856. The van der Waals surface area contributed by atoms with Crippen LogP contribution in [0, 0.1) is 0 Å². The van der Waals surface area contributed by atoms with E-state index in [-0.39, 0.29) is 23.4 Å². The molecule has 1 fully saturated rings. The molecule has 1 atom stereocenters. The van der Waals surface area contributed by atoms with Gasteiger partial charge in [-0.15, -0.1) is 11.6 Å².